The predicted octanol–water partition coefficient (Wildman–Crippen LogP) is 4.64. The third kappa shape index (κ3) is 5.25. The molecule has 1 saturated carbocycles. The van der Waals surface area contributed by atoms with Crippen LogP contribution >= 0.6 is 0 Å². The molecule has 9 nitrogen and oxygen atoms in total. The van der Waals surface area contributed by atoms with Gasteiger partial charge in [0, 0.05) is 18.0 Å². The van der Waals surface area contributed by atoms with Gasteiger partial charge in [0.05, 0.1) is 10.6 Å². The molecule has 2 heterocycles. The van der Waals surface area contributed by atoms with Crippen LogP contribution in [0.4, 0.5) is 32.0 Å². The summed E-state index contributed by atoms with van der Waals surface area (Å²) in [5.41, 5.74) is -5.39. The van der Waals surface area contributed by atoms with E-state index in [0.717, 1.165) is 31.4 Å². The number of halogens is 6. The normalized spacial score (nSPS) is 15.2. The molecule has 1 aliphatic rings. The van der Waals surface area contributed by atoms with Crippen LogP contribution in [0, 0.1) is 6.92 Å². The lowest BCUT2D eigenvalue weighted by Gasteiger charge is -2.18. The third-order valence-corrected chi connectivity index (χ3v) is 6.94. The fourth-order valence-corrected chi connectivity index (χ4v) is 4.31. The van der Waals surface area contributed by atoms with Crippen molar-refractivity contribution in [1.29, 1.82) is 0 Å². The minimum absolute atomic E-state index is 0.0559. The van der Waals surface area contributed by atoms with E-state index >= 15 is 0 Å². The highest BCUT2D eigenvalue weighted by Crippen LogP contribution is 2.58. The van der Waals surface area contributed by atoms with Gasteiger partial charge in [0.2, 0.25) is 5.88 Å². The van der Waals surface area contributed by atoms with Gasteiger partial charge in [0.25, 0.3) is 11.8 Å². The quantitative estimate of drug-likeness (QED) is 0.432. The Balaban J connectivity index is 1.69. The van der Waals surface area contributed by atoms with Gasteiger partial charge in [-0.3, -0.25) is 4.79 Å². The van der Waals surface area contributed by atoms with Crippen molar-refractivity contribution in [3.8, 4) is 11.8 Å². The SMILES string of the molecule is Cc1c(C(F)(F)F)nnc(Oc2ccc(C3(C(F)(F)F)CC3)nn2)c1C(=O)Nc1cccc(S(C)(=O)=O)c1. The first-order valence-electron chi connectivity index (χ1n) is 10.7. The summed E-state index contributed by atoms with van der Waals surface area (Å²) >= 11 is 0. The highest BCUT2D eigenvalue weighted by atomic mass is 32.2. The van der Waals surface area contributed by atoms with Gasteiger partial charge in [-0.1, -0.05) is 6.07 Å². The Morgan fingerprint density at radius 3 is 2.21 bits per heavy atom. The van der Waals surface area contributed by atoms with Gasteiger partial charge in [0.15, 0.2) is 15.5 Å². The van der Waals surface area contributed by atoms with Gasteiger partial charge in [0.1, 0.15) is 11.0 Å². The molecule has 4 rings (SSSR count). The number of ether oxygens (including phenoxy) is 1. The second-order valence-corrected chi connectivity index (χ2v) is 10.6. The number of nitrogens with one attached hydrogen (secondary N) is 1. The summed E-state index contributed by atoms with van der Waals surface area (Å²) in [7, 11) is -3.66. The number of carbonyl (C=O) groups is 1. The maximum absolute atomic E-state index is 13.5. The molecule has 1 aliphatic carbocycles. The Bertz CT molecular complexity index is 1500. The maximum Gasteiger partial charge on any atom is 0.435 e. The monoisotopic (exact) mass is 561 g/mol. The molecule has 3 aromatic rings. The molecular weight excluding hydrogens is 544 g/mol. The fourth-order valence-electron chi connectivity index (χ4n) is 3.64. The zero-order valence-electron chi connectivity index (χ0n) is 19.5. The van der Waals surface area contributed by atoms with Gasteiger partial charge in [-0.05, 0) is 49.6 Å². The lowest BCUT2D eigenvalue weighted by molar-refractivity contribution is -0.161. The topological polar surface area (TPSA) is 124 Å². The van der Waals surface area contributed by atoms with Gasteiger partial charge in [-0.2, -0.15) is 31.4 Å². The van der Waals surface area contributed by atoms with Crippen LogP contribution in [0.2, 0.25) is 0 Å². The van der Waals surface area contributed by atoms with Crippen LogP contribution in [0.1, 0.15) is 40.2 Å². The molecular formula is C22H17F6N5O4S. The smallest absolute Gasteiger partial charge is 0.417 e. The standard InChI is InChI=1S/C22H17F6N5O4S/c1-11-16(18(34)29-12-4-3-5-13(10-12)38(2,35)36)19(33-32-17(11)21(23,24)25)37-15-7-6-14(30-31-15)20(8-9-20)22(26,27)28/h3-7,10H,8-9H2,1-2H3,(H,29,34). The molecule has 1 fully saturated rings. The van der Waals surface area contributed by atoms with Crippen LogP contribution in [-0.2, 0) is 21.4 Å². The molecule has 38 heavy (non-hydrogen) atoms. The van der Waals surface area contributed by atoms with Gasteiger partial charge < -0.3 is 10.1 Å². The van der Waals surface area contributed by atoms with E-state index in [2.05, 4.69) is 25.7 Å². The summed E-state index contributed by atoms with van der Waals surface area (Å²) in [6.45, 7) is 0.946. The number of sulfone groups is 1. The van der Waals surface area contributed by atoms with Crippen LogP contribution < -0.4 is 10.1 Å². The van der Waals surface area contributed by atoms with Crippen molar-refractivity contribution in [2.75, 3.05) is 11.6 Å². The van der Waals surface area contributed by atoms with Crippen LogP contribution in [-0.4, -0.2) is 47.2 Å². The molecule has 0 unspecified atom stereocenters. The van der Waals surface area contributed by atoms with E-state index < -0.39 is 62.1 Å². The maximum atomic E-state index is 13.5. The molecule has 0 radical (unpaired) electrons. The van der Waals surface area contributed by atoms with E-state index in [0.29, 0.717) is 0 Å². The fraction of sp³-hybridized carbons (Fsp3) is 0.318. The van der Waals surface area contributed by atoms with Gasteiger partial charge in [-0.15, -0.1) is 15.3 Å². The summed E-state index contributed by atoms with van der Waals surface area (Å²) in [6.07, 6.45) is -8.93. The largest absolute Gasteiger partial charge is 0.435 e. The van der Waals surface area contributed by atoms with E-state index in [-0.39, 0.29) is 29.1 Å². The molecule has 202 valence electrons. The minimum Gasteiger partial charge on any atom is -0.417 e. The Labute approximate surface area is 211 Å². The van der Waals surface area contributed by atoms with Crippen LogP contribution in [0.5, 0.6) is 11.8 Å². The average Bonchev–Trinajstić information content (AvgIpc) is 3.61. The highest BCUT2D eigenvalue weighted by molar-refractivity contribution is 7.90. The van der Waals surface area contributed by atoms with Gasteiger partial charge >= 0.3 is 12.4 Å². The van der Waals surface area contributed by atoms with E-state index in [4.69, 9.17) is 4.74 Å². The number of benzene rings is 1. The van der Waals surface area contributed by atoms with Crippen molar-refractivity contribution in [3.63, 3.8) is 0 Å². The van der Waals surface area contributed by atoms with E-state index in [1.807, 2.05) is 0 Å². The summed E-state index contributed by atoms with van der Waals surface area (Å²) in [4.78, 5) is 12.9. The second kappa shape index (κ2) is 9.18. The van der Waals surface area contributed by atoms with Crippen LogP contribution in [0.3, 0.4) is 0 Å². The summed E-state index contributed by atoms with van der Waals surface area (Å²) in [5, 5.41) is 15.8. The molecule has 16 heteroatoms. The van der Waals surface area contributed by atoms with Gasteiger partial charge in [-0.25, -0.2) is 8.42 Å². The molecule has 0 spiro atoms. The van der Waals surface area contributed by atoms with Crippen molar-refractivity contribution in [3.05, 3.63) is 58.9 Å². The van der Waals surface area contributed by atoms with E-state index in [9.17, 15) is 39.6 Å². The van der Waals surface area contributed by atoms with Crippen molar-refractivity contribution in [2.45, 2.75) is 42.4 Å². The van der Waals surface area contributed by atoms with E-state index in [1.165, 1.54) is 18.2 Å². The Kier molecular flexibility index (Phi) is 6.58. The number of hydrogen-bond donors (Lipinski definition) is 1. The van der Waals surface area contributed by atoms with Crippen LogP contribution in [0.25, 0.3) is 0 Å². The molecule has 1 N–H and O–H groups in total. The van der Waals surface area contributed by atoms with Crippen LogP contribution in [0.15, 0.2) is 41.3 Å². The molecule has 0 aliphatic heterocycles. The zero-order chi connectivity index (χ0) is 28.1. The first kappa shape index (κ1) is 27.2. The number of aromatic nitrogens is 4. The van der Waals surface area contributed by atoms with Crippen molar-refractivity contribution < 1.29 is 44.3 Å². The minimum atomic E-state index is -4.99. The van der Waals surface area contributed by atoms with Crippen molar-refractivity contribution >= 4 is 21.4 Å². The lowest BCUT2D eigenvalue weighted by atomic mass is 10.0. The van der Waals surface area contributed by atoms with Crippen molar-refractivity contribution in [1.82, 2.24) is 20.4 Å². The number of hydrogen-bond acceptors (Lipinski definition) is 8. The summed E-state index contributed by atoms with van der Waals surface area (Å²) in [5.74, 6) is -2.33. The molecule has 2 aromatic heterocycles. The first-order valence-corrected chi connectivity index (χ1v) is 12.6. The Hall–Kier alpha value is -3.82. The zero-order valence-corrected chi connectivity index (χ0v) is 20.3. The molecule has 0 atom stereocenters. The number of alkyl halides is 6. The number of anilines is 1. The second-order valence-electron chi connectivity index (χ2n) is 8.54. The summed E-state index contributed by atoms with van der Waals surface area (Å²) in [6, 6.07) is 7.01. The van der Waals surface area contributed by atoms with Crippen molar-refractivity contribution in [2.24, 2.45) is 0 Å². The average molecular weight is 561 g/mol. The lowest BCUT2D eigenvalue weighted by Crippen LogP contribution is -2.29. The first-order chi connectivity index (χ1) is 17.5. The predicted molar refractivity (Wildman–Crippen MR) is 118 cm³/mol. The number of nitrogens with zero attached hydrogens (tertiary/aromatic N) is 4. The number of carbonyl (C=O) groups excluding carboxylic acids is 1. The number of rotatable bonds is 6. The molecule has 0 saturated heterocycles. The third-order valence-electron chi connectivity index (χ3n) is 5.82. The highest BCUT2D eigenvalue weighted by Gasteiger charge is 2.65. The molecule has 0 bridgehead atoms. The Morgan fingerprint density at radius 2 is 1.68 bits per heavy atom. The van der Waals surface area contributed by atoms with E-state index in [1.54, 1.807) is 0 Å². The molecule has 1 amide bonds. The number of amides is 1. The molecule has 1 aromatic carbocycles. The summed E-state index contributed by atoms with van der Waals surface area (Å²) < 4.78 is 109. The Morgan fingerprint density at radius 1 is 1.00 bits per heavy atom.